The minimum Gasteiger partial charge on any atom is -0.355 e. The molecule has 0 radical (unpaired) electrons. The molecule has 5 rings (SSSR count). The molecule has 0 saturated carbocycles. The highest BCUT2D eigenvalue weighted by molar-refractivity contribution is 7.99. The lowest BCUT2D eigenvalue weighted by molar-refractivity contribution is -0.130. The molecule has 0 amide bonds. The quantitative estimate of drug-likeness (QED) is 0.406. The predicted octanol–water partition coefficient (Wildman–Crippen LogP) is 5.04. The van der Waals surface area contributed by atoms with Crippen molar-refractivity contribution in [1.82, 2.24) is 9.55 Å². The van der Waals surface area contributed by atoms with E-state index in [2.05, 4.69) is 39.0 Å². The second kappa shape index (κ2) is 8.70. The van der Waals surface area contributed by atoms with Crippen LogP contribution < -0.4 is 5.56 Å². The maximum absolute atomic E-state index is 13.9. The number of nitrogens with zero attached hydrogens (tertiary/aromatic N) is 2. The van der Waals surface area contributed by atoms with Crippen LogP contribution in [0.2, 0.25) is 0 Å². The summed E-state index contributed by atoms with van der Waals surface area (Å²) in [6.07, 6.45) is 4.16. The van der Waals surface area contributed by atoms with Gasteiger partial charge in [-0.1, -0.05) is 30.8 Å². The van der Waals surface area contributed by atoms with Crippen molar-refractivity contribution in [1.29, 1.82) is 0 Å². The Labute approximate surface area is 190 Å². The van der Waals surface area contributed by atoms with Crippen LogP contribution in [0.3, 0.4) is 0 Å². The second-order valence-corrected chi connectivity index (χ2v) is 10.8. The largest absolute Gasteiger partial charge is 0.355 e. The van der Waals surface area contributed by atoms with Gasteiger partial charge in [0.25, 0.3) is 5.56 Å². The third kappa shape index (κ3) is 4.09. The molecule has 1 aliphatic heterocycles. The number of thioether (sulfide) groups is 1. The number of benzene rings is 1. The van der Waals surface area contributed by atoms with Crippen molar-refractivity contribution in [3.05, 3.63) is 50.1 Å². The molecule has 1 saturated heterocycles. The van der Waals surface area contributed by atoms with Gasteiger partial charge >= 0.3 is 0 Å². The maximum atomic E-state index is 13.9. The summed E-state index contributed by atoms with van der Waals surface area (Å²) in [6, 6.07) is 6.27. The molecule has 1 fully saturated rings. The van der Waals surface area contributed by atoms with Gasteiger partial charge in [-0.05, 0) is 68.2 Å². The number of aryl methyl sites for hydroxylation is 3. The molecule has 3 heterocycles. The Morgan fingerprint density at radius 3 is 2.97 bits per heavy atom. The lowest BCUT2D eigenvalue weighted by Crippen LogP contribution is -2.27. The topological polar surface area (TPSA) is 53.4 Å². The van der Waals surface area contributed by atoms with E-state index in [4.69, 9.17) is 14.5 Å². The first kappa shape index (κ1) is 21.2. The number of thiophene rings is 1. The van der Waals surface area contributed by atoms with Crippen LogP contribution in [0, 0.1) is 19.8 Å². The van der Waals surface area contributed by atoms with Gasteiger partial charge in [0.15, 0.2) is 5.16 Å². The molecule has 1 aromatic carbocycles. The van der Waals surface area contributed by atoms with Crippen molar-refractivity contribution in [3.63, 3.8) is 0 Å². The molecule has 0 N–H and O–H groups in total. The molecule has 7 heteroatoms. The first-order chi connectivity index (χ1) is 15.0. The van der Waals surface area contributed by atoms with E-state index < -0.39 is 0 Å². The summed E-state index contributed by atoms with van der Waals surface area (Å²) in [5.74, 6) is 1.43. The molecule has 0 spiro atoms. The Morgan fingerprint density at radius 1 is 1.29 bits per heavy atom. The van der Waals surface area contributed by atoms with Gasteiger partial charge in [0.05, 0.1) is 23.8 Å². The Morgan fingerprint density at radius 2 is 2.16 bits per heavy atom. The van der Waals surface area contributed by atoms with Crippen molar-refractivity contribution in [2.24, 2.45) is 5.92 Å². The lowest BCUT2D eigenvalue weighted by atomic mass is 9.89. The van der Waals surface area contributed by atoms with Gasteiger partial charge < -0.3 is 9.47 Å². The number of rotatable bonds is 4. The average molecular weight is 457 g/mol. The van der Waals surface area contributed by atoms with E-state index in [1.807, 2.05) is 4.57 Å². The standard InChI is InChI=1S/C24H28N2O3S2/c1-14-4-6-16(3)19(10-14)26-23(27)21-18-7-5-15(2)11-20(18)31-22(21)25-24(26)30-12-17-8-9-28-13-29-17/h4,6,10,15,17H,5,7-9,11-13H2,1-3H3. The monoisotopic (exact) mass is 456 g/mol. The van der Waals surface area contributed by atoms with Gasteiger partial charge in [0.2, 0.25) is 0 Å². The minimum atomic E-state index is 0.0705. The summed E-state index contributed by atoms with van der Waals surface area (Å²) in [5, 5.41) is 1.59. The highest BCUT2D eigenvalue weighted by Crippen LogP contribution is 2.37. The molecule has 31 heavy (non-hydrogen) atoms. The van der Waals surface area contributed by atoms with E-state index in [0.717, 1.165) is 70.2 Å². The van der Waals surface area contributed by atoms with Crippen LogP contribution in [-0.2, 0) is 22.3 Å². The van der Waals surface area contributed by atoms with Gasteiger partial charge in [-0.3, -0.25) is 9.36 Å². The molecule has 2 atom stereocenters. The van der Waals surface area contributed by atoms with Crippen LogP contribution in [0.4, 0.5) is 0 Å². The number of hydrogen-bond donors (Lipinski definition) is 0. The number of fused-ring (bicyclic) bond motifs is 3. The maximum Gasteiger partial charge on any atom is 0.267 e. The minimum absolute atomic E-state index is 0.0705. The van der Waals surface area contributed by atoms with Gasteiger partial charge in [-0.25, -0.2) is 4.98 Å². The van der Waals surface area contributed by atoms with Gasteiger partial charge in [-0.2, -0.15) is 0 Å². The van der Waals surface area contributed by atoms with Crippen LogP contribution in [0.1, 0.15) is 41.3 Å². The molecule has 5 nitrogen and oxygen atoms in total. The zero-order valence-corrected chi connectivity index (χ0v) is 19.9. The van der Waals surface area contributed by atoms with Crippen LogP contribution >= 0.6 is 23.1 Å². The van der Waals surface area contributed by atoms with Crippen LogP contribution in [-0.4, -0.2) is 34.8 Å². The third-order valence-electron chi connectivity index (χ3n) is 6.27. The van der Waals surface area contributed by atoms with Crippen molar-refractivity contribution in [2.75, 3.05) is 19.2 Å². The van der Waals surface area contributed by atoms with E-state index in [1.165, 1.54) is 10.4 Å². The van der Waals surface area contributed by atoms with Crippen LogP contribution in [0.15, 0.2) is 28.2 Å². The van der Waals surface area contributed by atoms with Crippen molar-refractivity contribution in [2.45, 2.75) is 57.7 Å². The first-order valence-electron chi connectivity index (χ1n) is 11.0. The molecule has 164 valence electrons. The Kier molecular flexibility index (Phi) is 5.94. The summed E-state index contributed by atoms with van der Waals surface area (Å²) >= 11 is 3.33. The van der Waals surface area contributed by atoms with E-state index in [0.29, 0.717) is 12.7 Å². The smallest absolute Gasteiger partial charge is 0.267 e. The SMILES string of the molecule is Cc1ccc(C)c(-n2c(SCC3CCOCO3)nc3sc4c(c3c2=O)CCC(C)C4)c1. The predicted molar refractivity (Wildman–Crippen MR) is 127 cm³/mol. The van der Waals surface area contributed by atoms with Crippen LogP contribution in [0.5, 0.6) is 0 Å². The Hall–Kier alpha value is -1.67. The zero-order chi connectivity index (χ0) is 21.5. The summed E-state index contributed by atoms with van der Waals surface area (Å²) in [7, 11) is 0. The molecular formula is C24H28N2O3S2. The molecule has 0 bridgehead atoms. The molecule has 3 aromatic rings. The summed E-state index contributed by atoms with van der Waals surface area (Å²) < 4.78 is 12.9. The zero-order valence-electron chi connectivity index (χ0n) is 18.3. The van der Waals surface area contributed by atoms with E-state index >= 15 is 0 Å². The van der Waals surface area contributed by atoms with Crippen LogP contribution in [0.25, 0.3) is 15.9 Å². The Balaban J connectivity index is 1.66. The van der Waals surface area contributed by atoms with E-state index in [9.17, 15) is 4.79 Å². The Bertz CT molecular complexity index is 1180. The first-order valence-corrected chi connectivity index (χ1v) is 12.8. The fraction of sp³-hybridized carbons (Fsp3) is 0.500. The van der Waals surface area contributed by atoms with Gasteiger partial charge in [-0.15, -0.1) is 11.3 Å². The fourth-order valence-corrected chi connectivity index (χ4v) is 6.94. The van der Waals surface area contributed by atoms with Crippen molar-refractivity contribution < 1.29 is 9.47 Å². The number of hydrogen-bond acceptors (Lipinski definition) is 6. The molecule has 2 aromatic heterocycles. The molecule has 2 unspecified atom stereocenters. The number of aromatic nitrogens is 2. The fourth-order valence-electron chi connectivity index (χ4n) is 4.44. The normalized spacial score (nSPS) is 21.4. The lowest BCUT2D eigenvalue weighted by Gasteiger charge is -2.23. The summed E-state index contributed by atoms with van der Waals surface area (Å²) in [4.78, 5) is 21.2. The van der Waals surface area contributed by atoms with Gasteiger partial charge in [0, 0.05) is 10.6 Å². The van der Waals surface area contributed by atoms with Crippen molar-refractivity contribution in [3.8, 4) is 5.69 Å². The van der Waals surface area contributed by atoms with E-state index in [-0.39, 0.29) is 11.7 Å². The highest BCUT2D eigenvalue weighted by Gasteiger charge is 2.26. The van der Waals surface area contributed by atoms with Gasteiger partial charge in [0.1, 0.15) is 11.6 Å². The molecule has 2 aliphatic rings. The summed E-state index contributed by atoms with van der Waals surface area (Å²) in [5.41, 5.74) is 4.45. The van der Waals surface area contributed by atoms with Crippen molar-refractivity contribution >= 4 is 33.3 Å². The molecule has 1 aliphatic carbocycles. The summed E-state index contributed by atoms with van der Waals surface area (Å²) in [6.45, 7) is 7.49. The average Bonchev–Trinajstić information content (AvgIpc) is 3.12. The molecular weight excluding hydrogens is 428 g/mol. The third-order valence-corrected chi connectivity index (χ3v) is 8.49. The second-order valence-electron chi connectivity index (χ2n) is 8.77. The highest BCUT2D eigenvalue weighted by atomic mass is 32.2. The van der Waals surface area contributed by atoms with E-state index in [1.54, 1.807) is 23.1 Å². The number of ether oxygens (including phenoxy) is 2.